The Balaban J connectivity index is 1.93. The van der Waals surface area contributed by atoms with Crippen LogP contribution in [0.4, 0.5) is 0 Å². The lowest BCUT2D eigenvalue weighted by Gasteiger charge is -2.10. The van der Waals surface area contributed by atoms with Crippen molar-refractivity contribution in [3.05, 3.63) is 78.1 Å². The number of nitrogens with zero attached hydrogens (tertiary/aromatic N) is 1. The van der Waals surface area contributed by atoms with Crippen LogP contribution in [0.3, 0.4) is 0 Å². The van der Waals surface area contributed by atoms with Crippen LogP contribution in [0.2, 0.25) is 0 Å². The smallest absolute Gasteiger partial charge is 0.0525 e. The molecule has 21 heavy (non-hydrogen) atoms. The fourth-order valence-electron chi connectivity index (χ4n) is 2.68. The quantitative estimate of drug-likeness (QED) is 0.550. The predicted molar refractivity (Wildman–Crippen MR) is 90.9 cm³/mol. The molecule has 1 aliphatic rings. The topological polar surface area (TPSA) is 17.0 Å². The van der Waals surface area contributed by atoms with E-state index in [0.29, 0.717) is 0 Å². The summed E-state index contributed by atoms with van der Waals surface area (Å²) in [5, 5.41) is 3.35. The van der Waals surface area contributed by atoms with Gasteiger partial charge >= 0.3 is 0 Å². The lowest BCUT2D eigenvalue weighted by atomic mass is 9.97. The van der Waals surface area contributed by atoms with Gasteiger partial charge in [0, 0.05) is 24.5 Å². The van der Waals surface area contributed by atoms with Crippen molar-refractivity contribution < 1.29 is 0 Å². The molecule has 1 aromatic carbocycles. The molecule has 0 fully saturated rings. The molecule has 1 aliphatic heterocycles. The fraction of sp³-hybridized carbons (Fsp3) is 0.158. The van der Waals surface area contributed by atoms with Crippen molar-refractivity contribution in [2.75, 3.05) is 13.1 Å². The molecule has 0 saturated heterocycles. The van der Waals surface area contributed by atoms with Crippen LogP contribution < -0.4 is 5.32 Å². The van der Waals surface area contributed by atoms with Gasteiger partial charge in [0.2, 0.25) is 0 Å². The molecule has 0 radical (unpaired) electrons. The van der Waals surface area contributed by atoms with E-state index in [0.717, 1.165) is 19.5 Å². The highest BCUT2D eigenvalue weighted by atomic mass is 14.9. The van der Waals surface area contributed by atoms with Crippen LogP contribution in [-0.2, 0) is 0 Å². The van der Waals surface area contributed by atoms with E-state index in [9.17, 15) is 0 Å². The van der Waals surface area contributed by atoms with E-state index in [2.05, 4.69) is 77.4 Å². The van der Waals surface area contributed by atoms with Gasteiger partial charge in [-0.25, -0.2) is 0 Å². The highest BCUT2D eigenvalue weighted by molar-refractivity contribution is 5.87. The van der Waals surface area contributed by atoms with Gasteiger partial charge in [-0.15, -0.1) is 6.58 Å². The number of aromatic nitrogens is 1. The van der Waals surface area contributed by atoms with E-state index in [-0.39, 0.29) is 0 Å². The Morgan fingerprint density at radius 1 is 1.14 bits per heavy atom. The second kappa shape index (κ2) is 6.42. The monoisotopic (exact) mass is 276 g/mol. The van der Waals surface area contributed by atoms with Crippen LogP contribution in [-0.4, -0.2) is 17.7 Å². The average molecular weight is 276 g/mol. The molecule has 0 aliphatic carbocycles. The van der Waals surface area contributed by atoms with Crippen LogP contribution >= 0.6 is 0 Å². The summed E-state index contributed by atoms with van der Waals surface area (Å²) in [5.41, 5.74) is 5.13. The summed E-state index contributed by atoms with van der Waals surface area (Å²) in [6.45, 7) is 5.55. The minimum absolute atomic E-state index is 0.859. The molecule has 3 rings (SSSR count). The SMILES string of the molecule is C=CCNCCC=C1c2ccccc2C=Cn2cccc21. The summed E-state index contributed by atoms with van der Waals surface area (Å²) < 4.78 is 2.18. The first-order valence-corrected chi connectivity index (χ1v) is 7.37. The number of hydrogen-bond acceptors (Lipinski definition) is 1. The first-order chi connectivity index (χ1) is 10.4. The zero-order chi connectivity index (χ0) is 14.5. The third-order valence-electron chi connectivity index (χ3n) is 3.68. The van der Waals surface area contributed by atoms with Crippen molar-refractivity contribution >= 4 is 17.8 Å². The summed E-state index contributed by atoms with van der Waals surface area (Å²) in [5.74, 6) is 0. The minimum Gasteiger partial charge on any atom is -0.323 e. The van der Waals surface area contributed by atoms with Crippen molar-refractivity contribution in [3.63, 3.8) is 0 Å². The van der Waals surface area contributed by atoms with E-state index in [1.54, 1.807) is 0 Å². The largest absolute Gasteiger partial charge is 0.323 e. The van der Waals surface area contributed by atoms with Gasteiger partial charge in [0.15, 0.2) is 0 Å². The van der Waals surface area contributed by atoms with Gasteiger partial charge in [-0.05, 0) is 42.3 Å². The Labute approximate surface area is 126 Å². The predicted octanol–water partition coefficient (Wildman–Crippen LogP) is 4.03. The molecule has 106 valence electrons. The van der Waals surface area contributed by atoms with Crippen molar-refractivity contribution in [1.29, 1.82) is 0 Å². The van der Waals surface area contributed by atoms with E-state index in [1.165, 1.54) is 22.4 Å². The van der Waals surface area contributed by atoms with Crippen molar-refractivity contribution in [2.45, 2.75) is 6.42 Å². The summed E-state index contributed by atoms with van der Waals surface area (Å²) in [7, 11) is 0. The number of fused-ring (bicyclic) bond motifs is 2. The third kappa shape index (κ3) is 2.91. The summed E-state index contributed by atoms with van der Waals surface area (Å²) in [6.07, 6.45) is 11.6. The zero-order valence-corrected chi connectivity index (χ0v) is 12.1. The normalized spacial score (nSPS) is 14.6. The molecule has 0 atom stereocenters. The number of benzene rings is 1. The van der Waals surface area contributed by atoms with Crippen molar-refractivity contribution in [1.82, 2.24) is 9.88 Å². The minimum atomic E-state index is 0.859. The molecule has 0 saturated carbocycles. The zero-order valence-electron chi connectivity index (χ0n) is 12.1. The summed E-state index contributed by atoms with van der Waals surface area (Å²) >= 11 is 0. The van der Waals surface area contributed by atoms with Gasteiger partial charge in [-0.2, -0.15) is 0 Å². The van der Waals surface area contributed by atoms with Crippen LogP contribution in [0, 0.1) is 0 Å². The highest BCUT2D eigenvalue weighted by Crippen LogP contribution is 2.31. The molecule has 1 N–H and O–H groups in total. The standard InChI is InChI=1S/C19H20N2/c1-2-12-20-13-5-9-18-17-8-4-3-7-16(17)11-15-21-14-6-10-19(18)21/h2-4,6-11,14-15,20H,1,5,12-13H2. The van der Waals surface area contributed by atoms with Gasteiger partial charge in [0.25, 0.3) is 0 Å². The lowest BCUT2D eigenvalue weighted by molar-refractivity contribution is 0.757. The van der Waals surface area contributed by atoms with Crippen LogP contribution in [0.1, 0.15) is 23.2 Å². The van der Waals surface area contributed by atoms with Crippen molar-refractivity contribution in [2.24, 2.45) is 0 Å². The molecular weight excluding hydrogens is 256 g/mol. The first kappa shape index (κ1) is 13.7. The Hall–Kier alpha value is -2.32. The number of hydrogen-bond donors (Lipinski definition) is 1. The highest BCUT2D eigenvalue weighted by Gasteiger charge is 2.13. The maximum atomic E-state index is 3.72. The molecule has 0 unspecified atom stereocenters. The molecule has 2 heteroatoms. The lowest BCUT2D eigenvalue weighted by Crippen LogP contribution is -2.14. The van der Waals surface area contributed by atoms with Gasteiger partial charge in [0.05, 0.1) is 5.69 Å². The molecule has 0 bridgehead atoms. The van der Waals surface area contributed by atoms with Crippen LogP contribution in [0.5, 0.6) is 0 Å². The van der Waals surface area contributed by atoms with Crippen molar-refractivity contribution in [3.8, 4) is 0 Å². The maximum Gasteiger partial charge on any atom is 0.0525 e. The van der Waals surface area contributed by atoms with E-state index >= 15 is 0 Å². The molecular formula is C19H20N2. The van der Waals surface area contributed by atoms with E-state index in [1.807, 2.05) is 6.08 Å². The second-order valence-electron chi connectivity index (χ2n) is 5.10. The van der Waals surface area contributed by atoms with E-state index < -0.39 is 0 Å². The van der Waals surface area contributed by atoms with E-state index in [4.69, 9.17) is 0 Å². The Bertz CT molecular complexity index is 689. The van der Waals surface area contributed by atoms with Gasteiger partial charge in [0.1, 0.15) is 0 Å². The Morgan fingerprint density at radius 2 is 2.05 bits per heavy atom. The van der Waals surface area contributed by atoms with Gasteiger partial charge < -0.3 is 9.88 Å². The summed E-state index contributed by atoms with van der Waals surface area (Å²) in [6, 6.07) is 12.8. The van der Waals surface area contributed by atoms with Gasteiger partial charge in [-0.1, -0.05) is 36.4 Å². The summed E-state index contributed by atoms with van der Waals surface area (Å²) in [4.78, 5) is 0. The first-order valence-electron chi connectivity index (χ1n) is 7.37. The Kier molecular flexibility index (Phi) is 4.17. The average Bonchev–Trinajstić information content (AvgIpc) is 2.92. The second-order valence-corrected chi connectivity index (χ2v) is 5.10. The Morgan fingerprint density at radius 3 is 2.95 bits per heavy atom. The molecule has 2 aromatic rings. The molecule has 0 spiro atoms. The molecule has 1 aromatic heterocycles. The fourth-order valence-corrected chi connectivity index (χ4v) is 2.68. The maximum absolute atomic E-state index is 3.72. The third-order valence-corrected chi connectivity index (χ3v) is 3.68. The molecule has 0 amide bonds. The molecule has 2 heterocycles. The van der Waals surface area contributed by atoms with Gasteiger partial charge in [-0.3, -0.25) is 0 Å². The molecule has 2 nitrogen and oxygen atoms in total. The van der Waals surface area contributed by atoms with Crippen LogP contribution in [0.15, 0.2) is 61.3 Å². The number of nitrogens with one attached hydrogen (secondary N) is 1. The number of rotatable bonds is 5. The van der Waals surface area contributed by atoms with Crippen LogP contribution in [0.25, 0.3) is 17.8 Å².